The lowest BCUT2D eigenvalue weighted by Crippen LogP contribution is -2.46. The van der Waals surface area contributed by atoms with Crippen LogP contribution in [0.5, 0.6) is 5.75 Å². The summed E-state index contributed by atoms with van der Waals surface area (Å²) in [5, 5.41) is 10.3. The number of nitrogens with zero attached hydrogens (tertiary/aromatic N) is 7. The first kappa shape index (κ1) is 26.9. The van der Waals surface area contributed by atoms with E-state index < -0.39 is 0 Å². The van der Waals surface area contributed by atoms with Crippen molar-refractivity contribution in [1.29, 1.82) is 0 Å². The van der Waals surface area contributed by atoms with Crippen molar-refractivity contribution in [2.75, 3.05) is 34.9 Å². The van der Waals surface area contributed by atoms with Crippen LogP contribution in [-0.2, 0) is 13.0 Å². The molecule has 2 aliphatic rings. The van der Waals surface area contributed by atoms with E-state index in [4.69, 9.17) is 21.3 Å². The smallest absolute Gasteiger partial charge is 0.336 e. The average Bonchev–Trinajstić information content (AvgIpc) is 2.98. The van der Waals surface area contributed by atoms with E-state index in [1.165, 1.54) is 4.90 Å². The number of aromatic nitrogens is 4. The Balaban J connectivity index is 1.32. The van der Waals surface area contributed by atoms with Crippen LogP contribution in [0.1, 0.15) is 35.5 Å². The molecule has 0 aliphatic carbocycles. The number of carbonyl (C=O) groups excluding carboxylic acids is 1. The molecule has 2 aliphatic heterocycles. The van der Waals surface area contributed by atoms with Gasteiger partial charge in [-0.1, -0.05) is 23.7 Å². The highest BCUT2D eigenvalue weighted by Gasteiger charge is 2.36. The van der Waals surface area contributed by atoms with E-state index in [0.29, 0.717) is 40.3 Å². The minimum Gasteiger partial charge on any atom is -0.495 e. The largest absolute Gasteiger partial charge is 0.495 e. The van der Waals surface area contributed by atoms with Gasteiger partial charge in [-0.15, -0.1) is 0 Å². The Morgan fingerprint density at radius 3 is 2.54 bits per heavy atom. The first-order chi connectivity index (χ1) is 19.9. The lowest BCUT2D eigenvalue weighted by atomic mass is 10.1. The Bertz CT molecular complexity index is 1540. The number of hydrogen-bond acceptors (Lipinski definition) is 8. The molecule has 11 heteroatoms. The molecule has 0 unspecified atom stereocenters. The number of carbonyl (C=O) groups is 1. The van der Waals surface area contributed by atoms with Gasteiger partial charge < -0.3 is 14.7 Å². The van der Waals surface area contributed by atoms with Crippen LogP contribution in [0.25, 0.3) is 0 Å². The maximum absolute atomic E-state index is 14.1. The fraction of sp³-hybridized carbons (Fsp3) is 0.300. The van der Waals surface area contributed by atoms with Gasteiger partial charge in [-0.3, -0.25) is 9.88 Å². The maximum Gasteiger partial charge on any atom is 0.336 e. The predicted octanol–water partition coefficient (Wildman–Crippen LogP) is 5.07. The van der Waals surface area contributed by atoms with Crippen LogP contribution in [0.2, 0.25) is 5.02 Å². The molecule has 1 aromatic carbocycles. The highest BCUT2D eigenvalue weighted by atomic mass is 35.5. The molecule has 2 amide bonds. The Morgan fingerprint density at radius 1 is 1.02 bits per heavy atom. The van der Waals surface area contributed by atoms with E-state index >= 15 is 0 Å². The lowest BCUT2D eigenvalue weighted by molar-refractivity contribution is 0.145. The summed E-state index contributed by atoms with van der Waals surface area (Å²) in [6.45, 7) is 3.81. The number of aliphatic hydroxyl groups excluding tert-OH is 1. The minimum atomic E-state index is -0.315. The second kappa shape index (κ2) is 11.3. The van der Waals surface area contributed by atoms with Crippen LogP contribution in [-0.4, -0.2) is 57.4 Å². The van der Waals surface area contributed by atoms with Gasteiger partial charge in [0.15, 0.2) is 5.82 Å². The Hall–Kier alpha value is -4.28. The van der Waals surface area contributed by atoms with Crippen LogP contribution >= 0.6 is 11.6 Å². The zero-order valence-electron chi connectivity index (χ0n) is 22.9. The number of fused-ring (bicyclic) bond motifs is 1. The molecular weight excluding hydrogens is 542 g/mol. The number of benzene rings is 1. The molecule has 1 saturated heterocycles. The van der Waals surface area contributed by atoms with Gasteiger partial charge in [0.2, 0.25) is 0 Å². The third-order valence-corrected chi connectivity index (χ3v) is 7.78. The molecule has 1 N–H and O–H groups in total. The number of anilines is 4. The number of hydrogen-bond donors (Lipinski definition) is 1. The number of amides is 2. The van der Waals surface area contributed by atoms with E-state index in [1.807, 2.05) is 37.4 Å². The van der Waals surface area contributed by atoms with Crippen molar-refractivity contribution in [2.45, 2.75) is 38.8 Å². The van der Waals surface area contributed by atoms with Crippen LogP contribution in [0.4, 0.5) is 27.8 Å². The number of pyridine rings is 2. The van der Waals surface area contributed by atoms with Crippen molar-refractivity contribution in [1.82, 2.24) is 19.9 Å². The normalized spacial score (nSPS) is 15.7. The number of piperidine rings is 1. The van der Waals surface area contributed by atoms with Gasteiger partial charge in [0.1, 0.15) is 17.4 Å². The minimum absolute atomic E-state index is 0.222. The van der Waals surface area contributed by atoms with Crippen molar-refractivity contribution < 1.29 is 14.6 Å². The monoisotopic (exact) mass is 571 g/mol. The number of ether oxygens (including phenoxy) is 1. The summed E-state index contributed by atoms with van der Waals surface area (Å²) in [4.78, 5) is 38.0. The Kier molecular flexibility index (Phi) is 7.42. The van der Waals surface area contributed by atoms with Crippen molar-refractivity contribution in [2.24, 2.45) is 0 Å². The number of aliphatic hydroxyl groups is 1. The molecule has 41 heavy (non-hydrogen) atoms. The van der Waals surface area contributed by atoms with Crippen LogP contribution in [0.15, 0.2) is 61.1 Å². The second-order valence-corrected chi connectivity index (χ2v) is 10.6. The Morgan fingerprint density at radius 2 is 1.85 bits per heavy atom. The number of para-hydroxylation sites is 1. The summed E-state index contributed by atoms with van der Waals surface area (Å²) in [5.74, 6) is 2.00. The topological polar surface area (TPSA) is 108 Å². The summed E-state index contributed by atoms with van der Waals surface area (Å²) < 4.78 is 5.27. The van der Waals surface area contributed by atoms with Gasteiger partial charge >= 0.3 is 6.03 Å². The lowest BCUT2D eigenvalue weighted by Gasteiger charge is -2.36. The van der Waals surface area contributed by atoms with Gasteiger partial charge in [-0.25, -0.2) is 24.6 Å². The average molecular weight is 572 g/mol. The molecule has 6 rings (SSSR count). The van der Waals surface area contributed by atoms with Crippen LogP contribution < -0.4 is 19.4 Å². The zero-order valence-corrected chi connectivity index (χ0v) is 23.6. The quantitative estimate of drug-likeness (QED) is 0.342. The van der Waals surface area contributed by atoms with Crippen molar-refractivity contribution in [3.63, 3.8) is 0 Å². The molecule has 0 bridgehead atoms. The molecular formula is C30H30ClN7O3. The van der Waals surface area contributed by atoms with Crippen molar-refractivity contribution in [3.8, 4) is 5.75 Å². The highest BCUT2D eigenvalue weighted by molar-refractivity contribution is 6.34. The van der Waals surface area contributed by atoms with Gasteiger partial charge in [0.05, 0.1) is 55.0 Å². The molecule has 4 aromatic rings. The van der Waals surface area contributed by atoms with E-state index in [-0.39, 0.29) is 18.7 Å². The summed E-state index contributed by atoms with van der Waals surface area (Å²) in [7, 11) is 1.57. The van der Waals surface area contributed by atoms with Crippen molar-refractivity contribution >= 4 is 40.6 Å². The SMILES string of the molecule is COc1ccc(N2C(=O)N(c3c(C)cccc3Cl)Cc3cnc(Cc4ccc(N5CCC(O)CC5)cn4)nc32)nc1. The molecule has 0 atom stereocenters. The van der Waals surface area contributed by atoms with Gasteiger partial charge in [-0.2, -0.15) is 0 Å². The van der Waals surface area contributed by atoms with Gasteiger partial charge in [-0.05, 0) is 55.7 Å². The predicted molar refractivity (Wildman–Crippen MR) is 157 cm³/mol. The molecule has 5 heterocycles. The summed E-state index contributed by atoms with van der Waals surface area (Å²) in [5.41, 5.74) is 4.13. The van der Waals surface area contributed by atoms with Crippen LogP contribution in [0.3, 0.4) is 0 Å². The highest BCUT2D eigenvalue weighted by Crippen LogP contribution is 2.39. The van der Waals surface area contributed by atoms with Gasteiger partial charge in [0.25, 0.3) is 0 Å². The van der Waals surface area contributed by atoms with E-state index in [9.17, 15) is 9.90 Å². The van der Waals surface area contributed by atoms with E-state index in [2.05, 4.69) is 19.9 Å². The first-order valence-corrected chi connectivity index (χ1v) is 13.9. The summed E-state index contributed by atoms with van der Waals surface area (Å²) in [6, 6.07) is 12.7. The van der Waals surface area contributed by atoms with Gasteiger partial charge in [0, 0.05) is 30.5 Å². The number of rotatable bonds is 6. The molecule has 0 saturated carbocycles. The summed E-state index contributed by atoms with van der Waals surface area (Å²) >= 11 is 6.57. The molecule has 0 spiro atoms. The molecule has 1 fully saturated rings. The van der Waals surface area contributed by atoms with E-state index in [0.717, 1.165) is 48.4 Å². The Labute approximate surface area is 243 Å². The molecule has 10 nitrogen and oxygen atoms in total. The number of halogens is 1. The fourth-order valence-corrected chi connectivity index (χ4v) is 5.56. The fourth-order valence-electron chi connectivity index (χ4n) is 5.24. The third-order valence-electron chi connectivity index (χ3n) is 7.48. The third kappa shape index (κ3) is 5.40. The molecule has 0 radical (unpaired) electrons. The summed E-state index contributed by atoms with van der Waals surface area (Å²) in [6.07, 6.45) is 6.88. The maximum atomic E-state index is 14.1. The molecule has 210 valence electrons. The standard InChI is InChI=1S/C30H30ClN7O3/c1-19-4-3-5-25(31)28(19)37-18-20-15-33-26(14-21-6-7-22(16-32-21)36-12-10-23(39)11-13-36)35-29(20)38(30(37)40)27-9-8-24(41-2)17-34-27/h3-9,15-17,23,39H,10-14,18H2,1-2H3. The number of aryl methyl sites for hydroxylation is 1. The van der Waals surface area contributed by atoms with Crippen molar-refractivity contribution in [3.05, 3.63) is 88.7 Å². The van der Waals surface area contributed by atoms with Crippen LogP contribution in [0, 0.1) is 6.92 Å². The molecule has 3 aromatic heterocycles. The second-order valence-electron chi connectivity index (χ2n) is 10.2. The number of methoxy groups -OCH3 is 1. The van der Waals surface area contributed by atoms with E-state index in [1.54, 1.807) is 42.6 Å². The first-order valence-electron chi connectivity index (χ1n) is 13.5. The zero-order chi connectivity index (χ0) is 28.5. The number of urea groups is 1.